The topological polar surface area (TPSA) is 180 Å². The number of nitrogens with zero attached hydrogens (tertiary/aromatic N) is 4. The minimum absolute atomic E-state index is 0.0279. The number of carboxylic acids is 1. The van der Waals surface area contributed by atoms with E-state index < -0.39 is 70.4 Å². The van der Waals surface area contributed by atoms with Gasteiger partial charge >= 0.3 is 5.97 Å². The molecule has 0 spiro atoms. The van der Waals surface area contributed by atoms with Crippen LogP contribution in [0.1, 0.15) is 47.2 Å². The average Bonchev–Trinajstić information content (AvgIpc) is 3.85. The van der Waals surface area contributed by atoms with Crippen LogP contribution in [0.3, 0.4) is 0 Å². The first-order valence-electron chi connectivity index (χ1n) is 18.4. The van der Waals surface area contributed by atoms with Crippen molar-refractivity contribution < 1.29 is 44.0 Å². The number of carbonyl (C=O) groups is 5. The van der Waals surface area contributed by atoms with Crippen molar-refractivity contribution in [3.8, 4) is 27.8 Å². The zero-order valence-corrected chi connectivity index (χ0v) is 34.5. The van der Waals surface area contributed by atoms with Crippen LogP contribution in [0.5, 0.6) is 17.2 Å². The highest BCUT2D eigenvalue weighted by atomic mass is 79.9. The van der Waals surface area contributed by atoms with E-state index >= 15 is 4.79 Å². The number of rotatable bonds is 6. The van der Waals surface area contributed by atoms with Gasteiger partial charge in [-0.15, -0.1) is 11.3 Å². The van der Waals surface area contributed by atoms with Crippen molar-refractivity contribution in [3.63, 3.8) is 0 Å². The number of aromatic hydroxyl groups is 2. The molecule has 0 bridgehead atoms. The molecule has 6 unspecified atom stereocenters. The lowest BCUT2D eigenvalue weighted by Gasteiger charge is -2.49. The Morgan fingerprint density at radius 3 is 2.47 bits per heavy atom. The Morgan fingerprint density at radius 1 is 1.00 bits per heavy atom. The van der Waals surface area contributed by atoms with Crippen molar-refractivity contribution in [1.29, 1.82) is 0 Å². The van der Waals surface area contributed by atoms with Crippen LogP contribution in [0, 0.1) is 36.0 Å². The lowest BCUT2D eigenvalue weighted by atomic mass is 9.51. The van der Waals surface area contributed by atoms with Crippen LogP contribution in [0.2, 0.25) is 5.02 Å². The predicted octanol–water partition coefficient (Wildman–Crippen LogP) is 7.58. The van der Waals surface area contributed by atoms with E-state index in [1.165, 1.54) is 34.1 Å². The second-order valence-corrected chi connectivity index (χ2v) is 17.8. The maximum absolute atomic E-state index is 15.2. The number of thiophene rings is 1. The second kappa shape index (κ2) is 13.3. The smallest absolute Gasteiger partial charge is 0.339 e. The summed E-state index contributed by atoms with van der Waals surface area (Å²) in [5, 5.41) is 37.1. The molecule has 2 aliphatic carbocycles. The minimum atomic E-state index is -1.40. The molecule has 3 fully saturated rings. The highest BCUT2D eigenvalue weighted by Crippen LogP contribution is 2.64. The summed E-state index contributed by atoms with van der Waals surface area (Å²) < 4.78 is 8.35. The van der Waals surface area contributed by atoms with Gasteiger partial charge in [0.05, 0.1) is 45.3 Å². The summed E-state index contributed by atoms with van der Waals surface area (Å²) in [4.78, 5) is 73.4. The monoisotopic (exact) mass is 884 g/mol. The Kier molecular flexibility index (Phi) is 8.70. The summed E-state index contributed by atoms with van der Waals surface area (Å²) in [6.45, 7) is 3.73. The number of phenolic OH excluding ortho intramolecular Hbond substituents is 1. The number of amides is 4. The number of phenols is 2. The maximum Gasteiger partial charge on any atom is 0.339 e. The Labute approximate surface area is 348 Å². The van der Waals surface area contributed by atoms with Crippen molar-refractivity contribution in [3.05, 3.63) is 92.4 Å². The average molecular weight is 886 g/mol. The molecule has 13 nitrogen and oxygen atoms in total. The highest BCUT2D eigenvalue weighted by molar-refractivity contribution is 9.10. The molecule has 3 N–H and O–H groups in total. The molecule has 4 heterocycles. The summed E-state index contributed by atoms with van der Waals surface area (Å²) in [6.07, 6.45) is 2.12. The minimum Gasteiger partial charge on any atom is -0.507 e. The zero-order chi connectivity index (χ0) is 41.3. The number of imide groups is 2. The summed E-state index contributed by atoms with van der Waals surface area (Å²) in [5.74, 6) is -7.86. The number of aromatic carboxylic acids is 1. The van der Waals surface area contributed by atoms with Gasteiger partial charge in [0.15, 0.2) is 11.5 Å². The van der Waals surface area contributed by atoms with Gasteiger partial charge in [-0.2, -0.15) is 5.10 Å². The first kappa shape index (κ1) is 38.0. The van der Waals surface area contributed by atoms with Gasteiger partial charge in [0.2, 0.25) is 23.6 Å². The first-order valence-corrected chi connectivity index (χ1v) is 20.4. The van der Waals surface area contributed by atoms with Crippen LogP contribution in [0.4, 0.5) is 11.5 Å². The molecular weight excluding hydrogens is 852 g/mol. The summed E-state index contributed by atoms with van der Waals surface area (Å²) in [7, 11) is 3.08. The van der Waals surface area contributed by atoms with Gasteiger partial charge in [0.25, 0.3) is 0 Å². The van der Waals surface area contributed by atoms with E-state index in [9.17, 15) is 34.5 Å². The van der Waals surface area contributed by atoms with Crippen LogP contribution < -0.4 is 14.5 Å². The predicted molar refractivity (Wildman–Crippen MR) is 218 cm³/mol. The third-order valence-electron chi connectivity index (χ3n) is 12.6. The Morgan fingerprint density at radius 2 is 1.76 bits per heavy atom. The number of halogens is 2. The molecule has 4 amide bonds. The number of hydrogen-bond donors (Lipinski definition) is 3. The van der Waals surface area contributed by atoms with E-state index in [-0.39, 0.29) is 41.4 Å². The number of methoxy groups -OCH3 is 1. The Balaban J connectivity index is 1.16. The number of hydrogen-bond acceptors (Lipinski definition) is 10. The fraction of sp³-hybridized carbons (Fsp3) is 0.286. The van der Waals surface area contributed by atoms with E-state index in [2.05, 4.69) is 15.9 Å². The standard InChI is InChI=1S/C42H34BrClN4O9S/c1-17-24-13-19(44)5-10-31(24)58-36(17)28-16-32(46(3)45-28)48-38(52)26-15-25-21(34(42(26,2)41(48)56)18-11-27(43)35(50)30(12-18)57-4)8-9-23-33(25)39(53)47(37(23)51)20-6-7-22(40(54)55)29(49)14-20/h5-8,10-14,16,23,25-26,33-34,49-50H,9,15H2,1-4H3,(H,54,55). The fourth-order valence-corrected chi connectivity index (χ4v) is 11.6. The van der Waals surface area contributed by atoms with Gasteiger partial charge in [-0.3, -0.25) is 23.9 Å². The quantitative estimate of drug-likeness (QED) is 0.114. The maximum atomic E-state index is 15.2. The first-order chi connectivity index (χ1) is 27.6. The van der Waals surface area contributed by atoms with Gasteiger partial charge in [-0.1, -0.05) is 23.3 Å². The van der Waals surface area contributed by atoms with E-state index in [1.807, 2.05) is 31.2 Å². The lowest BCUT2D eigenvalue weighted by molar-refractivity contribution is -0.131. The molecule has 3 aromatic carbocycles. The van der Waals surface area contributed by atoms with Gasteiger partial charge in [0.1, 0.15) is 22.8 Å². The lowest BCUT2D eigenvalue weighted by Crippen LogP contribution is -2.49. The number of aromatic nitrogens is 2. The van der Waals surface area contributed by atoms with E-state index in [4.69, 9.17) is 21.4 Å². The van der Waals surface area contributed by atoms with Gasteiger partial charge < -0.3 is 20.1 Å². The zero-order valence-electron chi connectivity index (χ0n) is 31.3. The number of allylic oxidation sites excluding steroid dienone is 2. The van der Waals surface area contributed by atoms with Crippen LogP contribution in [-0.2, 0) is 26.2 Å². The molecule has 6 atom stereocenters. The third-order valence-corrected chi connectivity index (χ3v) is 14.7. The van der Waals surface area contributed by atoms with Crippen LogP contribution in [0.25, 0.3) is 20.7 Å². The number of carboxylic acid groups (broad SMARTS) is 1. The van der Waals surface area contributed by atoms with Gasteiger partial charge in [-0.05, 0) is 108 Å². The van der Waals surface area contributed by atoms with Crippen molar-refractivity contribution in [2.75, 3.05) is 16.9 Å². The molecule has 16 heteroatoms. The van der Waals surface area contributed by atoms with E-state index in [0.29, 0.717) is 26.3 Å². The molecule has 2 aromatic heterocycles. The molecule has 296 valence electrons. The normalized spacial score (nSPS) is 25.3. The summed E-state index contributed by atoms with van der Waals surface area (Å²) in [5.41, 5.74) is 1.05. The third kappa shape index (κ3) is 5.25. The molecule has 5 aromatic rings. The number of anilines is 2. The van der Waals surface area contributed by atoms with Crippen molar-refractivity contribution in [2.45, 2.75) is 32.6 Å². The Bertz CT molecular complexity index is 2740. The fourth-order valence-electron chi connectivity index (χ4n) is 9.84. The highest BCUT2D eigenvalue weighted by Gasteiger charge is 2.68. The molecule has 4 aliphatic rings. The van der Waals surface area contributed by atoms with Crippen LogP contribution in [0.15, 0.2) is 70.7 Å². The number of benzene rings is 3. The van der Waals surface area contributed by atoms with Crippen LogP contribution >= 0.6 is 38.9 Å². The number of carbonyl (C=O) groups excluding carboxylic acids is 4. The molecule has 9 rings (SSSR count). The summed E-state index contributed by atoms with van der Waals surface area (Å²) >= 11 is 11.3. The molecule has 1 saturated carbocycles. The molecule has 2 aliphatic heterocycles. The molecule has 58 heavy (non-hydrogen) atoms. The van der Waals surface area contributed by atoms with Crippen molar-refractivity contribution >= 4 is 90.1 Å². The molecule has 2 saturated heterocycles. The largest absolute Gasteiger partial charge is 0.507 e. The molecular formula is C42H34BrClN4O9S. The van der Waals surface area contributed by atoms with Crippen LogP contribution in [-0.4, -0.2) is 61.8 Å². The summed E-state index contributed by atoms with van der Waals surface area (Å²) in [6, 6.07) is 14.2. The van der Waals surface area contributed by atoms with Gasteiger partial charge in [0, 0.05) is 34.8 Å². The van der Waals surface area contributed by atoms with Crippen molar-refractivity contribution in [2.24, 2.45) is 36.1 Å². The number of aryl methyl sites for hydroxylation is 2. The van der Waals surface area contributed by atoms with E-state index in [1.54, 1.807) is 32.2 Å². The number of fused-ring (bicyclic) bond motifs is 5. The van der Waals surface area contributed by atoms with E-state index in [0.717, 1.165) is 37.6 Å². The van der Waals surface area contributed by atoms with Crippen molar-refractivity contribution in [1.82, 2.24) is 9.78 Å². The number of ether oxygens (including phenoxy) is 1. The van der Waals surface area contributed by atoms with Gasteiger partial charge in [-0.25, -0.2) is 14.6 Å². The second-order valence-electron chi connectivity index (χ2n) is 15.4. The SMILES string of the molecule is COc1cc(C2C3=CCC4C(=O)N(c5ccc(C(=O)O)c(O)c5)C(=O)C4C3CC3C(=O)N(c4cc(-c5sc6ccc(Cl)cc6c5C)nn4C)C(=O)C32C)cc(Br)c1O. The molecule has 0 radical (unpaired) electrons. The Hall–Kier alpha value is -5.51.